The van der Waals surface area contributed by atoms with Crippen LogP contribution in [0, 0.1) is 0 Å². The fourth-order valence-corrected chi connectivity index (χ4v) is 1.96. The first-order valence-corrected chi connectivity index (χ1v) is 5.87. The van der Waals surface area contributed by atoms with Crippen molar-refractivity contribution in [3.63, 3.8) is 0 Å². The molecule has 0 aromatic carbocycles. The Morgan fingerprint density at radius 1 is 1.38 bits per heavy atom. The molecule has 0 bridgehead atoms. The van der Waals surface area contributed by atoms with Gasteiger partial charge in [-0.25, -0.2) is 29.1 Å². The number of allylic oxidation sites excluding steroid dienone is 1. The minimum absolute atomic E-state index is 0.0761. The van der Waals surface area contributed by atoms with Gasteiger partial charge in [0.15, 0.2) is 0 Å². The summed E-state index contributed by atoms with van der Waals surface area (Å²) < 4.78 is 7.14. The number of carbonyl (C=O) groups excluding carboxylic acids is 1. The van der Waals surface area contributed by atoms with E-state index in [0.29, 0.717) is 0 Å². The topological polar surface area (TPSA) is 145 Å². The van der Waals surface area contributed by atoms with Crippen molar-refractivity contribution in [1.82, 2.24) is 19.4 Å². The average molecular weight is 300 g/mol. The summed E-state index contributed by atoms with van der Waals surface area (Å²) in [4.78, 5) is 45.7. The zero-order chi connectivity index (χ0) is 15.6. The first-order chi connectivity index (χ1) is 9.95. The third-order valence-corrected chi connectivity index (χ3v) is 2.87. The molecular formula is C10H12N4O7. The Kier molecular flexibility index (Phi) is 3.93. The summed E-state index contributed by atoms with van der Waals surface area (Å²) in [5, 5.41) is 17.0. The van der Waals surface area contributed by atoms with Gasteiger partial charge in [-0.05, 0) is 6.08 Å². The predicted octanol–water partition coefficient (Wildman–Crippen LogP) is -1.53. The number of nitrogens with one attached hydrogen (secondary N) is 1. The number of nitrogens with zero attached hydrogens (tertiary/aromatic N) is 3. The van der Waals surface area contributed by atoms with Crippen LogP contribution in [0.3, 0.4) is 0 Å². The van der Waals surface area contributed by atoms with Crippen LogP contribution in [0.4, 0.5) is 4.79 Å². The number of hydroxylamine groups is 1. The van der Waals surface area contributed by atoms with Crippen molar-refractivity contribution in [3.8, 4) is 0 Å². The molecule has 114 valence electrons. The number of rotatable bonds is 4. The van der Waals surface area contributed by atoms with Gasteiger partial charge in [-0.3, -0.25) is 10.0 Å². The van der Waals surface area contributed by atoms with Crippen molar-refractivity contribution in [3.05, 3.63) is 33.1 Å². The maximum atomic E-state index is 12.1. The molecule has 0 saturated heterocycles. The molecule has 0 radical (unpaired) electrons. The van der Waals surface area contributed by atoms with Crippen LogP contribution in [-0.4, -0.2) is 36.3 Å². The number of aromatic nitrogens is 3. The van der Waals surface area contributed by atoms with Crippen LogP contribution in [0.15, 0.2) is 21.7 Å². The fraction of sp³-hybridized carbons (Fsp3) is 0.400. The lowest BCUT2D eigenvalue weighted by molar-refractivity contribution is -0.129. The van der Waals surface area contributed by atoms with E-state index in [9.17, 15) is 19.2 Å². The Morgan fingerprint density at radius 3 is 2.71 bits per heavy atom. The highest BCUT2D eigenvalue weighted by Crippen LogP contribution is 2.11. The molecule has 2 heterocycles. The molecule has 0 fully saturated rings. The number of carboxylic acid groups (broad SMARTS) is 1. The van der Waals surface area contributed by atoms with Crippen molar-refractivity contribution in [2.75, 3.05) is 0 Å². The van der Waals surface area contributed by atoms with E-state index in [2.05, 4.69) is 4.74 Å². The van der Waals surface area contributed by atoms with Gasteiger partial charge in [-0.2, -0.15) is 4.68 Å². The highest BCUT2D eigenvalue weighted by atomic mass is 16.7. The lowest BCUT2D eigenvalue weighted by Gasteiger charge is -2.18. The second kappa shape index (κ2) is 5.66. The SMILES string of the molecule is O=C(CCn1c(=O)n2n(c1=O)C(OC(=O)O)C=CC2)NO. The lowest BCUT2D eigenvalue weighted by Crippen LogP contribution is -2.34. The summed E-state index contributed by atoms with van der Waals surface area (Å²) in [6, 6.07) is 0. The zero-order valence-corrected chi connectivity index (χ0v) is 10.6. The molecule has 1 aliphatic rings. The van der Waals surface area contributed by atoms with Crippen molar-refractivity contribution in [2.24, 2.45) is 0 Å². The van der Waals surface area contributed by atoms with Crippen molar-refractivity contribution in [1.29, 1.82) is 0 Å². The zero-order valence-electron chi connectivity index (χ0n) is 10.6. The molecular weight excluding hydrogens is 288 g/mol. The second-order valence-electron chi connectivity index (χ2n) is 4.13. The van der Waals surface area contributed by atoms with Gasteiger partial charge in [0, 0.05) is 13.0 Å². The number of hydrogen-bond acceptors (Lipinski definition) is 6. The number of hydrogen-bond donors (Lipinski definition) is 3. The van der Waals surface area contributed by atoms with Crippen molar-refractivity contribution in [2.45, 2.75) is 25.7 Å². The Labute approximate surface area is 116 Å². The Bertz CT molecular complexity index is 710. The molecule has 1 aromatic heterocycles. The quantitative estimate of drug-likeness (QED) is 0.265. The van der Waals surface area contributed by atoms with E-state index in [1.165, 1.54) is 17.6 Å². The maximum Gasteiger partial charge on any atom is 0.508 e. The van der Waals surface area contributed by atoms with E-state index < -0.39 is 29.7 Å². The molecule has 11 nitrogen and oxygen atoms in total. The first kappa shape index (κ1) is 14.6. The van der Waals surface area contributed by atoms with Gasteiger partial charge in [0.2, 0.25) is 12.1 Å². The van der Waals surface area contributed by atoms with E-state index in [0.717, 1.165) is 13.9 Å². The summed E-state index contributed by atoms with van der Waals surface area (Å²) in [7, 11) is 0. The molecule has 11 heteroatoms. The van der Waals surface area contributed by atoms with Gasteiger partial charge in [-0.15, -0.1) is 0 Å². The number of amides is 1. The van der Waals surface area contributed by atoms with Crippen molar-refractivity contribution >= 4 is 12.1 Å². The molecule has 0 spiro atoms. The third-order valence-electron chi connectivity index (χ3n) is 2.87. The van der Waals surface area contributed by atoms with E-state index >= 15 is 0 Å². The molecule has 1 amide bonds. The summed E-state index contributed by atoms with van der Waals surface area (Å²) in [6.45, 7) is -0.177. The highest BCUT2D eigenvalue weighted by molar-refractivity contribution is 5.74. The minimum Gasteiger partial charge on any atom is -0.450 e. The molecule has 2 rings (SSSR count). The van der Waals surface area contributed by atoms with E-state index in [1.54, 1.807) is 0 Å². The Balaban J connectivity index is 2.37. The molecule has 1 unspecified atom stereocenters. The molecule has 0 aliphatic carbocycles. The van der Waals surface area contributed by atoms with Gasteiger partial charge < -0.3 is 9.84 Å². The molecule has 1 atom stereocenters. The van der Waals surface area contributed by atoms with E-state index in [-0.39, 0.29) is 19.5 Å². The number of carbonyl (C=O) groups is 2. The molecule has 0 saturated carbocycles. The third kappa shape index (κ3) is 2.72. The average Bonchev–Trinajstić information content (AvgIpc) is 2.69. The fourth-order valence-electron chi connectivity index (χ4n) is 1.96. The molecule has 1 aliphatic heterocycles. The van der Waals surface area contributed by atoms with Crippen LogP contribution < -0.4 is 16.9 Å². The van der Waals surface area contributed by atoms with Crippen molar-refractivity contribution < 1.29 is 24.6 Å². The van der Waals surface area contributed by atoms with Gasteiger partial charge in [0.05, 0.1) is 6.54 Å². The Hall–Kier alpha value is -2.82. The monoisotopic (exact) mass is 300 g/mol. The minimum atomic E-state index is -1.59. The molecule has 21 heavy (non-hydrogen) atoms. The van der Waals surface area contributed by atoms with Gasteiger partial charge in [-0.1, -0.05) is 6.08 Å². The van der Waals surface area contributed by atoms with Crippen LogP contribution in [0.2, 0.25) is 0 Å². The smallest absolute Gasteiger partial charge is 0.450 e. The summed E-state index contributed by atoms with van der Waals surface area (Å²) in [5.41, 5.74) is -0.118. The maximum absolute atomic E-state index is 12.1. The van der Waals surface area contributed by atoms with Gasteiger partial charge in [0.1, 0.15) is 0 Å². The Morgan fingerprint density at radius 2 is 2.10 bits per heavy atom. The van der Waals surface area contributed by atoms with Gasteiger partial charge in [0.25, 0.3) is 0 Å². The summed E-state index contributed by atoms with van der Waals surface area (Å²) in [5.74, 6) is -0.757. The van der Waals surface area contributed by atoms with Crippen LogP contribution in [0.5, 0.6) is 0 Å². The predicted molar refractivity (Wildman–Crippen MR) is 64.8 cm³/mol. The highest BCUT2D eigenvalue weighted by Gasteiger charge is 2.25. The second-order valence-corrected chi connectivity index (χ2v) is 4.13. The largest absolute Gasteiger partial charge is 0.508 e. The van der Waals surface area contributed by atoms with E-state index in [4.69, 9.17) is 10.3 Å². The van der Waals surface area contributed by atoms with Crippen LogP contribution in [0.1, 0.15) is 12.6 Å². The first-order valence-electron chi connectivity index (χ1n) is 5.87. The lowest BCUT2D eigenvalue weighted by atomic mass is 10.4. The standard InChI is InChI=1S/C10H12N4O7/c15-6(11-20)3-5-12-8(16)13-4-1-2-7(21-10(18)19)14(13)9(12)17/h1-2,7,20H,3-5H2,(H,11,15)(H,18,19). The van der Waals surface area contributed by atoms with Crippen LogP contribution in [0.25, 0.3) is 0 Å². The van der Waals surface area contributed by atoms with Gasteiger partial charge >= 0.3 is 17.5 Å². The van der Waals surface area contributed by atoms with E-state index in [1.807, 2.05) is 0 Å². The summed E-state index contributed by atoms with van der Waals surface area (Å²) in [6.07, 6.45) is -0.304. The number of fused-ring (bicyclic) bond motifs is 1. The number of ether oxygens (including phenoxy) is 1. The summed E-state index contributed by atoms with van der Waals surface area (Å²) >= 11 is 0. The van der Waals surface area contributed by atoms with Crippen LogP contribution in [-0.2, 0) is 22.6 Å². The molecule has 3 N–H and O–H groups in total. The normalized spacial score (nSPS) is 16.3. The molecule has 1 aromatic rings. The van der Waals surface area contributed by atoms with Crippen LogP contribution >= 0.6 is 0 Å².